The third-order valence-electron chi connectivity index (χ3n) is 3.45. The molecule has 2 aromatic rings. The van der Waals surface area contributed by atoms with Gasteiger partial charge in [-0.15, -0.1) is 0 Å². The minimum atomic E-state index is -3.85. The van der Waals surface area contributed by atoms with Gasteiger partial charge in [0.15, 0.2) is 0 Å². The highest BCUT2D eigenvalue weighted by Crippen LogP contribution is 2.16. The molecule has 5 nitrogen and oxygen atoms in total. The average molecular weight is 357 g/mol. The lowest BCUT2D eigenvalue weighted by Crippen LogP contribution is -2.36. The summed E-state index contributed by atoms with van der Waals surface area (Å²) in [5.41, 5.74) is 1.72. The predicted octanol–water partition coefficient (Wildman–Crippen LogP) is 2.21. The Morgan fingerprint density at radius 3 is 2.32 bits per heavy atom. The number of sulfonamides is 1. The van der Waals surface area contributed by atoms with Gasteiger partial charge in [0, 0.05) is 5.56 Å². The number of hydrogen-bond acceptors (Lipinski definition) is 4. The fraction of sp³-hybridized carbons (Fsp3) is 0.211. The third kappa shape index (κ3) is 5.18. The number of esters is 1. The number of rotatable bonds is 5. The van der Waals surface area contributed by atoms with Crippen LogP contribution in [-0.2, 0) is 19.6 Å². The molecule has 25 heavy (non-hydrogen) atoms. The number of benzene rings is 2. The van der Waals surface area contributed by atoms with Crippen molar-refractivity contribution in [3.8, 4) is 11.8 Å². The van der Waals surface area contributed by atoms with E-state index >= 15 is 0 Å². The highest BCUT2D eigenvalue weighted by molar-refractivity contribution is 7.89. The molecule has 0 saturated carbocycles. The Hall–Kier alpha value is -2.62. The second-order valence-electron chi connectivity index (χ2n) is 5.33. The number of aryl methyl sites for hydroxylation is 1. The molecule has 0 radical (unpaired) electrons. The normalized spacial score (nSPS) is 10.8. The lowest BCUT2D eigenvalue weighted by molar-refractivity contribution is -0.140. The van der Waals surface area contributed by atoms with Crippen LogP contribution in [0, 0.1) is 18.8 Å². The molecule has 0 saturated heterocycles. The summed E-state index contributed by atoms with van der Waals surface area (Å²) in [4.78, 5) is 11.7. The first-order chi connectivity index (χ1) is 11.9. The number of ether oxygens (including phenoxy) is 1. The third-order valence-corrected chi connectivity index (χ3v) is 5.26. The molecule has 0 amide bonds. The molecule has 0 heterocycles. The van der Waals surface area contributed by atoms with Gasteiger partial charge in [0.25, 0.3) is 0 Å². The maximum atomic E-state index is 12.8. The Morgan fingerprint density at radius 1 is 1.08 bits per heavy atom. The second kappa shape index (κ2) is 8.47. The molecule has 0 aliphatic carbocycles. The molecule has 6 heteroatoms. The van der Waals surface area contributed by atoms with Gasteiger partial charge in [-0.25, -0.2) is 8.42 Å². The molecule has 130 valence electrons. The monoisotopic (exact) mass is 357 g/mol. The summed E-state index contributed by atoms with van der Waals surface area (Å²) in [6, 6.07) is 15.7. The van der Waals surface area contributed by atoms with Crippen molar-refractivity contribution in [3.05, 3.63) is 65.7 Å². The van der Waals surface area contributed by atoms with Crippen LogP contribution in [0.4, 0.5) is 0 Å². The van der Waals surface area contributed by atoms with Crippen LogP contribution in [0.1, 0.15) is 11.1 Å². The van der Waals surface area contributed by atoms with E-state index in [1.807, 2.05) is 37.3 Å². The molecule has 0 fully saturated rings. The standard InChI is InChI=1S/C19H19NO4S/c1-16-10-12-18(13-11-16)25(22,23)20(15-19(21)24-2)14-6-9-17-7-4-3-5-8-17/h3-5,7-8,10-13H,14-15H2,1-2H3. The van der Waals surface area contributed by atoms with E-state index < -0.39 is 22.5 Å². The van der Waals surface area contributed by atoms with Crippen LogP contribution in [0.2, 0.25) is 0 Å². The van der Waals surface area contributed by atoms with Crippen LogP contribution < -0.4 is 0 Å². The molecule has 0 spiro atoms. The predicted molar refractivity (Wildman–Crippen MR) is 95.3 cm³/mol. The van der Waals surface area contributed by atoms with E-state index in [0.29, 0.717) is 0 Å². The van der Waals surface area contributed by atoms with E-state index in [2.05, 4.69) is 16.6 Å². The van der Waals surface area contributed by atoms with Crippen LogP contribution in [0.5, 0.6) is 0 Å². The summed E-state index contributed by atoms with van der Waals surface area (Å²) in [7, 11) is -2.63. The zero-order chi connectivity index (χ0) is 18.3. The van der Waals surface area contributed by atoms with E-state index in [0.717, 1.165) is 15.4 Å². The molecular weight excluding hydrogens is 338 g/mol. The Balaban J connectivity index is 2.27. The van der Waals surface area contributed by atoms with Crippen molar-refractivity contribution >= 4 is 16.0 Å². The number of methoxy groups -OCH3 is 1. The summed E-state index contributed by atoms with van der Waals surface area (Å²) in [6.07, 6.45) is 0. The van der Waals surface area contributed by atoms with Crippen LogP contribution in [0.3, 0.4) is 0 Å². The van der Waals surface area contributed by atoms with Crippen molar-refractivity contribution < 1.29 is 17.9 Å². The molecule has 2 aromatic carbocycles. The number of carbonyl (C=O) groups excluding carboxylic acids is 1. The number of nitrogens with zero attached hydrogens (tertiary/aromatic N) is 1. The van der Waals surface area contributed by atoms with Gasteiger partial charge in [-0.1, -0.05) is 47.7 Å². The minimum absolute atomic E-state index is 0.111. The van der Waals surface area contributed by atoms with Gasteiger partial charge in [0.1, 0.15) is 6.54 Å². The number of carbonyl (C=O) groups is 1. The van der Waals surface area contributed by atoms with Crippen LogP contribution in [0.15, 0.2) is 59.5 Å². The molecule has 0 aliphatic rings. The van der Waals surface area contributed by atoms with Gasteiger partial charge in [-0.2, -0.15) is 4.31 Å². The number of hydrogen-bond donors (Lipinski definition) is 0. The van der Waals surface area contributed by atoms with E-state index in [9.17, 15) is 13.2 Å². The molecule has 0 N–H and O–H groups in total. The van der Waals surface area contributed by atoms with E-state index in [1.165, 1.54) is 19.2 Å². The van der Waals surface area contributed by atoms with Gasteiger partial charge >= 0.3 is 5.97 Å². The van der Waals surface area contributed by atoms with E-state index in [-0.39, 0.29) is 11.4 Å². The zero-order valence-electron chi connectivity index (χ0n) is 14.1. The first-order valence-electron chi connectivity index (χ1n) is 7.61. The van der Waals surface area contributed by atoms with Gasteiger partial charge in [-0.05, 0) is 31.2 Å². The van der Waals surface area contributed by atoms with E-state index in [4.69, 9.17) is 0 Å². The smallest absolute Gasteiger partial charge is 0.321 e. The topological polar surface area (TPSA) is 63.7 Å². The van der Waals surface area contributed by atoms with Crippen LogP contribution in [-0.4, -0.2) is 38.9 Å². The first-order valence-corrected chi connectivity index (χ1v) is 9.05. The lowest BCUT2D eigenvalue weighted by Gasteiger charge is -2.18. The maximum Gasteiger partial charge on any atom is 0.321 e. The van der Waals surface area contributed by atoms with Gasteiger partial charge in [0.2, 0.25) is 10.0 Å². The van der Waals surface area contributed by atoms with E-state index in [1.54, 1.807) is 12.1 Å². The molecule has 0 bridgehead atoms. The molecule has 2 rings (SSSR count). The molecule has 0 aromatic heterocycles. The summed E-state index contributed by atoms with van der Waals surface area (Å²) in [6.45, 7) is 1.37. The van der Waals surface area contributed by atoms with Crippen molar-refractivity contribution in [2.24, 2.45) is 0 Å². The highest BCUT2D eigenvalue weighted by Gasteiger charge is 2.26. The Labute approximate surface area is 148 Å². The molecule has 0 atom stereocenters. The fourth-order valence-electron chi connectivity index (χ4n) is 2.04. The molecule has 0 aliphatic heterocycles. The van der Waals surface area contributed by atoms with Gasteiger partial charge in [-0.3, -0.25) is 4.79 Å². The first kappa shape index (κ1) is 18.7. The zero-order valence-corrected chi connectivity index (χ0v) is 14.9. The second-order valence-corrected chi connectivity index (χ2v) is 7.27. The Kier molecular flexibility index (Phi) is 6.34. The molecular formula is C19H19NO4S. The van der Waals surface area contributed by atoms with Crippen molar-refractivity contribution in [2.45, 2.75) is 11.8 Å². The highest BCUT2D eigenvalue weighted by atomic mass is 32.2. The Bertz CT molecular complexity index is 879. The average Bonchev–Trinajstić information content (AvgIpc) is 2.62. The van der Waals surface area contributed by atoms with Crippen molar-refractivity contribution in [1.82, 2.24) is 4.31 Å². The molecule has 0 unspecified atom stereocenters. The summed E-state index contributed by atoms with van der Waals surface area (Å²) in [5.74, 6) is 5.06. The fourth-order valence-corrected chi connectivity index (χ4v) is 3.33. The summed E-state index contributed by atoms with van der Waals surface area (Å²) in [5, 5.41) is 0. The SMILES string of the molecule is COC(=O)CN(CC#Cc1ccccc1)S(=O)(=O)c1ccc(C)cc1. The van der Waals surface area contributed by atoms with Crippen LogP contribution in [0.25, 0.3) is 0 Å². The Morgan fingerprint density at radius 2 is 1.72 bits per heavy atom. The summed E-state index contributed by atoms with van der Waals surface area (Å²) >= 11 is 0. The van der Waals surface area contributed by atoms with Crippen molar-refractivity contribution in [3.63, 3.8) is 0 Å². The van der Waals surface area contributed by atoms with Gasteiger partial charge in [0.05, 0.1) is 18.6 Å². The quantitative estimate of drug-likeness (QED) is 0.608. The largest absolute Gasteiger partial charge is 0.468 e. The maximum absolute atomic E-state index is 12.8. The van der Waals surface area contributed by atoms with Crippen molar-refractivity contribution in [2.75, 3.05) is 20.2 Å². The van der Waals surface area contributed by atoms with Crippen LogP contribution >= 0.6 is 0 Å². The lowest BCUT2D eigenvalue weighted by atomic mass is 10.2. The minimum Gasteiger partial charge on any atom is -0.468 e. The summed E-state index contributed by atoms with van der Waals surface area (Å²) < 4.78 is 31.2. The van der Waals surface area contributed by atoms with Crippen molar-refractivity contribution in [1.29, 1.82) is 0 Å². The van der Waals surface area contributed by atoms with Gasteiger partial charge < -0.3 is 4.74 Å².